The first kappa shape index (κ1) is 15.9. The third-order valence-corrected chi connectivity index (χ3v) is 3.47. The summed E-state index contributed by atoms with van der Waals surface area (Å²) in [6.45, 7) is 3.34. The molecule has 0 atom stereocenters. The Morgan fingerprint density at radius 1 is 1.05 bits per heavy atom. The highest BCUT2D eigenvalue weighted by atomic mass is 79.9. The van der Waals surface area contributed by atoms with Crippen molar-refractivity contribution in [3.63, 3.8) is 0 Å². The van der Waals surface area contributed by atoms with Gasteiger partial charge < -0.3 is 15.2 Å². The molecule has 2 N–H and O–H groups in total. The Kier molecular flexibility index (Phi) is 6.08. The van der Waals surface area contributed by atoms with Crippen molar-refractivity contribution in [3.8, 4) is 17.2 Å². The largest absolute Gasteiger partial charge is 0.490 e. The van der Waals surface area contributed by atoms with Crippen LogP contribution < -0.4 is 15.2 Å². The molecule has 4 heteroatoms. The van der Waals surface area contributed by atoms with Crippen molar-refractivity contribution in [3.05, 3.63) is 52.5 Å². The molecule has 0 heterocycles. The molecule has 0 saturated carbocycles. The van der Waals surface area contributed by atoms with E-state index in [9.17, 15) is 0 Å². The average Bonchev–Trinajstić information content (AvgIpc) is 2.49. The summed E-state index contributed by atoms with van der Waals surface area (Å²) >= 11 is 3.48. The molecule has 0 aliphatic rings. The molecule has 0 fully saturated rings. The van der Waals surface area contributed by atoms with Crippen molar-refractivity contribution in [2.75, 3.05) is 13.2 Å². The SMILES string of the molecule is CCCOc1ccccc1Oc1cc(Br)ccc1CCN. The highest BCUT2D eigenvalue weighted by Gasteiger charge is 2.09. The maximum Gasteiger partial charge on any atom is 0.169 e. The van der Waals surface area contributed by atoms with Crippen LogP contribution >= 0.6 is 15.9 Å². The third kappa shape index (κ3) is 4.48. The zero-order valence-electron chi connectivity index (χ0n) is 12.1. The summed E-state index contributed by atoms with van der Waals surface area (Å²) in [7, 11) is 0. The first-order chi connectivity index (χ1) is 10.2. The summed E-state index contributed by atoms with van der Waals surface area (Å²) < 4.78 is 12.8. The number of ether oxygens (including phenoxy) is 2. The predicted molar refractivity (Wildman–Crippen MR) is 89.2 cm³/mol. The van der Waals surface area contributed by atoms with Crippen LogP contribution in [0.2, 0.25) is 0 Å². The molecule has 0 aromatic heterocycles. The summed E-state index contributed by atoms with van der Waals surface area (Å²) in [5.74, 6) is 2.29. The topological polar surface area (TPSA) is 44.5 Å². The van der Waals surface area contributed by atoms with Crippen LogP contribution in [0.4, 0.5) is 0 Å². The van der Waals surface area contributed by atoms with Gasteiger partial charge in [-0.2, -0.15) is 0 Å². The molecule has 2 rings (SSSR count). The average molecular weight is 350 g/mol. The van der Waals surface area contributed by atoms with Gasteiger partial charge in [-0.15, -0.1) is 0 Å². The molecule has 0 aliphatic carbocycles. The van der Waals surface area contributed by atoms with Gasteiger partial charge in [-0.1, -0.05) is 41.1 Å². The molecule has 112 valence electrons. The Morgan fingerprint density at radius 2 is 1.81 bits per heavy atom. The lowest BCUT2D eigenvalue weighted by Gasteiger charge is -2.14. The van der Waals surface area contributed by atoms with Gasteiger partial charge >= 0.3 is 0 Å². The third-order valence-electron chi connectivity index (χ3n) is 2.97. The van der Waals surface area contributed by atoms with E-state index in [1.54, 1.807) is 0 Å². The second-order valence-corrected chi connectivity index (χ2v) is 5.60. The molecule has 0 bridgehead atoms. The molecule has 21 heavy (non-hydrogen) atoms. The Bertz CT molecular complexity index is 587. The van der Waals surface area contributed by atoms with E-state index in [1.807, 2.05) is 42.5 Å². The zero-order chi connectivity index (χ0) is 15.1. The highest BCUT2D eigenvalue weighted by molar-refractivity contribution is 9.10. The number of para-hydroxylation sites is 2. The predicted octanol–water partition coefficient (Wildman–Crippen LogP) is 4.53. The molecule has 0 unspecified atom stereocenters. The molecular formula is C17H20BrNO2. The van der Waals surface area contributed by atoms with E-state index in [4.69, 9.17) is 15.2 Å². The summed E-state index contributed by atoms with van der Waals surface area (Å²) in [5.41, 5.74) is 6.75. The second-order valence-electron chi connectivity index (χ2n) is 4.69. The molecule has 0 aliphatic heterocycles. The van der Waals surface area contributed by atoms with E-state index in [-0.39, 0.29) is 0 Å². The number of rotatable bonds is 7. The van der Waals surface area contributed by atoms with E-state index in [0.717, 1.165) is 40.1 Å². The quantitative estimate of drug-likeness (QED) is 0.798. The van der Waals surface area contributed by atoms with Crippen molar-refractivity contribution in [1.29, 1.82) is 0 Å². The minimum absolute atomic E-state index is 0.589. The van der Waals surface area contributed by atoms with Crippen LogP contribution in [0.15, 0.2) is 46.9 Å². The number of hydrogen-bond donors (Lipinski definition) is 1. The number of hydrogen-bond acceptors (Lipinski definition) is 3. The van der Waals surface area contributed by atoms with E-state index in [0.29, 0.717) is 13.2 Å². The molecule has 2 aromatic rings. The molecule has 0 saturated heterocycles. The van der Waals surface area contributed by atoms with Crippen LogP contribution in [0, 0.1) is 0 Å². The van der Waals surface area contributed by atoms with Crippen molar-refractivity contribution in [1.82, 2.24) is 0 Å². The Hall–Kier alpha value is -1.52. The monoisotopic (exact) mass is 349 g/mol. The van der Waals surface area contributed by atoms with Crippen LogP contribution in [0.5, 0.6) is 17.2 Å². The van der Waals surface area contributed by atoms with Gasteiger partial charge in [-0.3, -0.25) is 0 Å². The minimum Gasteiger partial charge on any atom is -0.490 e. The van der Waals surface area contributed by atoms with Crippen LogP contribution in [-0.4, -0.2) is 13.2 Å². The molecule has 3 nitrogen and oxygen atoms in total. The van der Waals surface area contributed by atoms with E-state index in [1.165, 1.54) is 0 Å². The van der Waals surface area contributed by atoms with Crippen molar-refractivity contribution >= 4 is 15.9 Å². The number of nitrogens with two attached hydrogens (primary N) is 1. The fourth-order valence-electron chi connectivity index (χ4n) is 1.97. The van der Waals surface area contributed by atoms with E-state index < -0.39 is 0 Å². The molecule has 2 aromatic carbocycles. The van der Waals surface area contributed by atoms with Crippen LogP contribution in [0.25, 0.3) is 0 Å². The van der Waals surface area contributed by atoms with Crippen molar-refractivity contribution in [2.24, 2.45) is 5.73 Å². The normalized spacial score (nSPS) is 10.4. The van der Waals surface area contributed by atoms with Gasteiger partial charge in [0.15, 0.2) is 11.5 Å². The van der Waals surface area contributed by atoms with Crippen LogP contribution in [0.1, 0.15) is 18.9 Å². The van der Waals surface area contributed by atoms with Gasteiger partial charge in [0.1, 0.15) is 5.75 Å². The fraction of sp³-hybridized carbons (Fsp3) is 0.294. The standard InChI is InChI=1S/C17H20BrNO2/c1-2-11-20-15-5-3-4-6-16(15)21-17-12-14(18)8-7-13(17)9-10-19/h3-8,12H,2,9-11,19H2,1H3. The van der Waals surface area contributed by atoms with Gasteiger partial charge in [-0.05, 0) is 49.2 Å². The number of halogens is 1. The molecule has 0 amide bonds. The maximum absolute atomic E-state index is 6.06. The minimum atomic E-state index is 0.589. The molecule has 0 radical (unpaired) electrons. The summed E-state index contributed by atoms with van der Waals surface area (Å²) in [6, 6.07) is 13.7. The Balaban J connectivity index is 2.27. The van der Waals surface area contributed by atoms with Gasteiger partial charge in [0.05, 0.1) is 6.61 Å². The first-order valence-electron chi connectivity index (χ1n) is 7.12. The van der Waals surface area contributed by atoms with Crippen molar-refractivity contribution < 1.29 is 9.47 Å². The first-order valence-corrected chi connectivity index (χ1v) is 7.92. The fourth-order valence-corrected chi connectivity index (χ4v) is 2.31. The van der Waals surface area contributed by atoms with Gasteiger partial charge in [0.2, 0.25) is 0 Å². The molecule has 0 spiro atoms. The Morgan fingerprint density at radius 3 is 2.52 bits per heavy atom. The second kappa shape index (κ2) is 8.05. The van der Waals surface area contributed by atoms with Gasteiger partial charge in [0, 0.05) is 4.47 Å². The van der Waals surface area contributed by atoms with Gasteiger partial charge in [-0.25, -0.2) is 0 Å². The summed E-state index contributed by atoms with van der Waals surface area (Å²) in [5, 5.41) is 0. The van der Waals surface area contributed by atoms with E-state index in [2.05, 4.69) is 22.9 Å². The lowest BCUT2D eigenvalue weighted by atomic mass is 10.1. The lowest BCUT2D eigenvalue weighted by Crippen LogP contribution is -2.04. The Labute approximate surface area is 134 Å². The smallest absolute Gasteiger partial charge is 0.169 e. The zero-order valence-corrected chi connectivity index (χ0v) is 13.7. The van der Waals surface area contributed by atoms with Gasteiger partial charge in [0.25, 0.3) is 0 Å². The maximum atomic E-state index is 6.06. The van der Waals surface area contributed by atoms with Crippen molar-refractivity contribution in [2.45, 2.75) is 19.8 Å². The van der Waals surface area contributed by atoms with Crippen LogP contribution in [-0.2, 0) is 6.42 Å². The number of benzene rings is 2. The summed E-state index contributed by atoms with van der Waals surface area (Å²) in [4.78, 5) is 0. The molecular weight excluding hydrogens is 330 g/mol. The lowest BCUT2D eigenvalue weighted by molar-refractivity contribution is 0.302. The summed E-state index contributed by atoms with van der Waals surface area (Å²) in [6.07, 6.45) is 1.74. The highest BCUT2D eigenvalue weighted by Crippen LogP contribution is 2.34. The van der Waals surface area contributed by atoms with Crippen LogP contribution in [0.3, 0.4) is 0 Å². The van der Waals surface area contributed by atoms with E-state index >= 15 is 0 Å².